The molecule has 3 N–H and O–H groups in total. The van der Waals surface area contributed by atoms with Gasteiger partial charge in [-0.1, -0.05) is 18.2 Å². The van der Waals surface area contributed by atoms with Crippen LogP contribution in [0.4, 0.5) is 5.82 Å². The van der Waals surface area contributed by atoms with Crippen LogP contribution in [0.5, 0.6) is 17.2 Å². The van der Waals surface area contributed by atoms with Crippen LogP contribution in [0.15, 0.2) is 42.6 Å². The molecule has 7 heteroatoms. The highest BCUT2D eigenvalue weighted by Crippen LogP contribution is 2.45. The van der Waals surface area contributed by atoms with E-state index in [1.54, 1.807) is 21.3 Å². The predicted octanol–water partition coefficient (Wildman–Crippen LogP) is 3.84. The Kier molecular flexibility index (Phi) is 4.35. The highest BCUT2D eigenvalue weighted by molar-refractivity contribution is 6.02. The first-order chi connectivity index (χ1) is 13.6. The van der Waals surface area contributed by atoms with Gasteiger partial charge in [0.15, 0.2) is 17.3 Å². The number of benzene rings is 2. The van der Waals surface area contributed by atoms with E-state index in [0.717, 1.165) is 33.3 Å². The van der Waals surface area contributed by atoms with Crippen molar-refractivity contribution in [2.45, 2.75) is 0 Å². The zero-order valence-electron chi connectivity index (χ0n) is 16.2. The van der Waals surface area contributed by atoms with Crippen LogP contribution < -0.4 is 19.9 Å². The van der Waals surface area contributed by atoms with Gasteiger partial charge in [0.2, 0.25) is 5.75 Å². The number of methoxy groups -OCH3 is 3. The molecule has 0 atom stereocenters. The molecule has 0 aliphatic carbocycles. The number of aromatic amines is 1. The minimum absolute atomic E-state index is 0.431. The second kappa shape index (κ2) is 6.84. The van der Waals surface area contributed by atoms with Crippen molar-refractivity contribution >= 4 is 16.7 Å². The Morgan fingerprint density at radius 1 is 1.00 bits per heavy atom. The van der Waals surface area contributed by atoms with E-state index < -0.39 is 0 Å². The lowest BCUT2D eigenvalue weighted by molar-refractivity contribution is 0.324. The lowest BCUT2D eigenvalue weighted by atomic mass is 9.99. The molecule has 4 aromatic rings. The summed E-state index contributed by atoms with van der Waals surface area (Å²) in [4.78, 5) is 0. The summed E-state index contributed by atoms with van der Waals surface area (Å²) in [6.45, 7) is 0. The number of H-pyrrole nitrogens is 1. The number of ether oxygens (including phenoxy) is 3. The average Bonchev–Trinajstić information content (AvgIpc) is 3.26. The highest BCUT2D eigenvalue weighted by atomic mass is 16.5. The zero-order chi connectivity index (χ0) is 19.8. The number of nitrogen functional groups attached to an aromatic ring is 1. The second-order valence-corrected chi connectivity index (χ2v) is 6.44. The number of aromatic nitrogens is 3. The van der Waals surface area contributed by atoms with E-state index in [9.17, 15) is 0 Å². The molecule has 0 aliphatic rings. The van der Waals surface area contributed by atoms with Gasteiger partial charge in [-0.3, -0.25) is 5.10 Å². The largest absolute Gasteiger partial charge is 0.493 e. The van der Waals surface area contributed by atoms with E-state index in [2.05, 4.69) is 33.1 Å². The van der Waals surface area contributed by atoms with Crippen molar-refractivity contribution in [3.05, 3.63) is 42.6 Å². The molecule has 144 valence electrons. The van der Waals surface area contributed by atoms with Crippen molar-refractivity contribution in [3.8, 4) is 39.6 Å². The molecule has 0 bridgehead atoms. The van der Waals surface area contributed by atoms with Crippen LogP contribution in [0.25, 0.3) is 33.3 Å². The SMILES string of the molecule is COc1cc(-c2[nH]nc(N)c2-c2cn(C)c3ccccc23)cc(OC)c1OC. The van der Waals surface area contributed by atoms with Crippen molar-refractivity contribution in [2.24, 2.45) is 7.05 Å². The Labute approximate surface area is 162 Å². The summed E-state index contributed by atoms with van der Waals surface area (Å²) in [5, 5.41) is 8.44. The fourth-order valence-corrected chi connectivity index (χ4v) is 3.60. The van der Waals surface area contributed by atoms with Crippen LogP contribution in [0, 0.1) is 0 Å². The van der Waals surface area contributed by atoms with Gasteiger partial charge in [0.05, 0.1) is 32.6 Å². The second-order valence-electron chi connectivity index (χ2n) is 6.44. The number of fused-ring (bicyclic) bond motifs is 1. The molecule has 0 unspecified atom stereocenters. The summed E-state index contributed by atoms with van der Waals surface area (Å²) in [7, 11) is 6.78. The maximum Gasteiger partial charge on any atom is 0.203 e. The van der Waals surface area contributed by atoms with E-state index in [1.165, 1.54) is 0 Å². The fourth-order valence-electron chi connectivity index (χ4n) is 3.60. The van der Waals surface area contributed by atoms with Crippen LogP contribution >= 0.6 is 0 Å². The Morgan fingerprint density at radius 3 is 2.32 bits per heavy atom. The van der Waals surface area contributed by atoms with Gasteiger partial charge < -0.3 is 24.5 Å². The molecule has 7 nitrogen and oxygen atoms in total. The molecule has 2 aromatic carbocycles. The van der Waals surface area contributed by atoms with E-state index in [0.29, 0.717) is 23.1 Å². The first-order valence-electron chi connectivity index (χ1n) is 8.77. The Morgan fingerprint density at radius 2 is 1.68 bits per heavy atom. The average molecular weight is 378 g/mol. The lowest BCUT2D eigenvalue weighted by Crippen LogP contribution is -1.96. The van der Waals surface area contributed by atoms with Crippen LogP contribution in [-0.2, 0) is 7.05 Å². The van der Waals surface area contributed by atoms with E-state index >= 15 is 0 Å². The summed E-state index contributed by atoms with van der Waals surface area (Å²) in [6, 6.07) is 11.9. The minimum Gasteiger partial charge on any atom is -0.493 e. The normalized spacial score (nSPS) is 11.0. The van der Waals surface area contributed by atoms with Crippen molar-refractivity contribution in [1.82, 2.24) is 14.8 Å². The fraction of sp³-hybridized carbons (Fsp3) is 0.190. The van der Waals surface area contributed by atoms with E-state index in [-0.39, 0.29) is 0 Å². The third-order valence-corrected chi connectivity index (χ3v) is 4.91. The van der Waals surface area contributed by atoms with Gasteiger partial charge in [0, 0.05) is 35.3 Å². The molecule has 2 heterocycles. The third-order valence-electron chi connectivity index (χ3n) is 4.91. The van der Waals surface area contributed by atoms with Crippen molar-refractivity contribution < 1.29 is 14.2 Å². The molecule has 0 saturated heterocycles. The van der Waals surface area contributed by atoms with E-state index in [1.807, 2.05) is 31.3 Å². The minimum atomic E-state index is 0.431. The van der Waals surface area contributed by atoms with Crippen LogP contribution in [0.2, 0.25) is 0 Å². The van der Waals surface area contributed by atoms with Gasteiger partial charge in [0.25, 0.3) is 0 Å². The number of aryl methyl sites for hydroxylation is 1. The summed E-state index contributed by atoms with van der Waals surface area (Å²) < 4.78 is 18.5. The first kappa shape index (κ1) is 17.8. The molecule has 0 aliphatic heterocycles. The quantitative estimate of drug-likeness (QED) is 0.551. The monoisotopic (exact) mass is 378 g/mol. The van der Waals surface area contributed by atoms with Crippen molar-refractivity contribution in [2.75, 3.05) is 27.1 Å². The van der Waals surface area contributed by atoms with Crippen molar-refractivity contribution in [3.63, 3.8) is 0 Å². The molecule has 0 saturated carbocycles. The molecule has 0 amide bonds. The topological polar surface area (TPSA) is 87.3 Å². The van der Waals surface area contributed by atoms with Gasteiger partial charge in [-0.2, -0.15) is 5.10 Å². The Hall–Kier alpha value is -3.61. The standard InChI is InChI=1S/C21H22N4O3/c1-25-11-14(13-7-5-6-8-15(13)25)18-19(23-24-21(18)22)12-9-16(26-2)20(28-4)17(10-12)27-3/h5-11H,1-4H3,(H3,22,23,24). The van der Waals surface area contributed by atoms with Gasteiger partial charge in [-0.25, -0.2) is 0 Å². The number of hydrogen-bond donors (Lipinski definition) is 2. The highest BCUT2D eigenvalue weighted by Gasteiger charge is 2.22. The maximum atomic E-state index is 6.27. The number of nitrogens with zero attached hydrogens (tertiary/aromatic N) is 2. The van der Waals surface area contributed by atoms with Gasteiger partial charge in [-0.05, 0) is 18.2 Å². The van der Waals surface area contributed by atoms with E-state index in [4.69, 9.17) is 19.9 Å². The number of para-hydroxylation sites is 1. The molecule has 0 fully saturated rings. The smallest absolute Gasteiger partial charge is 0.203 e. The number of nitrogens with one attached hydrogen (secondary N) is 1. The lowest BCUT2D eigenvalue weighted by Gasteiger charge is -2.14. The summed E-state index contributed by atoms with van der Waals surface area (Å²) in [5.41, 5.74) is 10.9. The number of nitrogens with two attached hydrogens (primary N) is 1. The number of rotatable bonds is 5. The maximum absolute atomic E-state index is 6.27. The molecule has 28 heavy (non-hydrogen) atoms. The molecular weight excluding hydrogens is 356 g/mol. The molecule has 0 spiro atoms. The van der Waals surface area contributed by atoms with Gasteiger partial charge in [0.1, 0.15) is 0 Å². The Balaban J connectivity index is 1.97. The van der Waals surface area contributed by atoms with Gasteiger partial charge >= 0.3 is 0 Å². The third kappa shape index (κ3) is 2.63. The number of hydrogen-bond acceptors (Lipinski definition) is 5. The summed E-state index contributed by atoms with van der Waals surface area (Å²) >= 11 is 0. The molecule has 0 radical (unpaired) electrons. The van der Waals surface area contributed by atoms with Crippen LogP contribution in [-0.4, -0.2) is 36.1 Å². The van der Waals surface area contributed by atoms with Crippen molar-refractivity contribution in [1.29, 1.82) is 0 Å². The molecular formula is C21H22N4O3. The van der Waals surface area contributed by atoms with Crippen LogP contribution in [0.1, 0.15) is 0 Å². The summed E-state index contributed by atoms with van der Waals surface area (Å²) in [6.07, 6.45) is 2.06. The predicted molar refractivity (Wildman–Crippen MR) is 110 cm³/mol. The molecule has 4 rings (SSSR count). The number of anilines is 1. The summed E-state index contributed by atoms with van der Waals surface area (Å²) in [5.74, 6) is 2.09. The van der Waals surface area contributed by atoms with Gasteiger partial charge in [-0.15, -0.1) is 0 Å². The van der Waals surface area contributed by atoms with Crippen LogP contribution in [0.3, 0.4) is 0 Å². The zero-order valence-corrected chi connectivity index (χ0v) is 16.2. The Bertz CT molecular complexity index is 1130. The first-order valence-corrected chi connectivity index (χ1v) is 8.77. The molecule has 2 aromatic heterocycles.